The first kappa shape index (κ1) is 14.1. The number of ether oxygens (including phenoxy) is 1. The van der Waals surface area contributed by atoms with Crippen LogP contribution in [0.5, 0.6) is 5.75 Å². The maximum Gasteiger partial charge on any atom is 0.136 e. The molecular weight excluding hydrogens is 262 g/mol. The molecule has 1 aromatic heterocycles. The molecule has 2 aromatic rings. The summed E-state index contributed by atoms with van der Waals surface area (Å²) >= 11 is 0. The van der Waals surface area contributed by atoms with Crippen LogP contribution in [0.1, 0.15) is 19.8 Å². The van der Waals surface area contributed by atoms with Gasteiger partial charge in [-0.15, -0.1) is 0 Å². The topological polar surface area (TPSA) is 51.4 Å². The molecule has 2 heterocycles. The van der Waals surface area contributed by atoms with Crippen LogP contribution in [-0.4, -0.2) is 31.7 Å². The summed E-state index contributed by atoms with van der Waals surface area (Å²) in [4.78, 5) is 6.99. The Bertz CT molecular complexity index is 633. The Morgan fingerprint density at radius 1 is 1.24 bits per heavy atom. The number of piperidine rings is 1. The molecule has 4 nitrogen and oxygen atoms in total. The van der Waals surface area contributed by atoms with Crippen molar-refractivity contribution in [3.8, 4) is 5.75 Å². The highest BCUT2D eigenvalue weighted by molar-refractivity contribution is 5.96. The average molecular weight is 285 g/mol. The molecule has 0 aliphatic carbocycles. The number of aromatic nitrogens is 1. The van der Waals surface area contributed by atoms with Gasteiger partial charge in [-0.1, -0.05) is 19.1 Å². The lowest BCUT2D eigenvalue weighted by molar-refractivity contribution is 0.258. The highest BCUT2D eigenvalue weighted by Crippen LogP contribution is 2.35. The molecule has 112 valence electrons. The number of anilines is 1. The lowest BCUT2D eigenvalue weighted by Gasteiger charge is -2.39. The zero-order chi connectivity index (χ0) is 14.9. The summed E-state index contributed by atoms with van der Waals surface area (Å²) < 4.78 is 5.46. The van der Waals surface area contributed by atoms with Crippen molar-refractivity contribution in [2.24, 2.45) is 11.1 Å². The van der Waals surface area contributed by atoms with Gasteiger partial charge in [-0.25, -0.2) is 4.98 Å². The van der Waals surface area contributed by atoms with E-state index in [1.54, 1.807) is 7.11 Å². The van der Waals surface area contributed by atoms with E-state index in [-0.39, 0.29) is 5.41 Å². The number of benzene rings is 1. The fraction of sp³-hybridized carbons (Fsp3) is 0.471. The van der Waals surface area contributed by atoms with Crippen LogP contribution in [0, 0.1) is 5.41 Å². The summed E-state index contributed by atoms with van der Waals surface area (Å²) in [6, 6.07) is 8.16. The van der Waals surface area contributed by atoms with E-state index < -0.39 is 0 Å². The molecule has 2 N–H and O–H groups in total. The number of hydrogen-bond acceptors (Lipinski definition) is 4. The quantitative estimate of drug-likeness (QED) is 0.942. The molecule has 0 atom stereocenters. The van der Waals surface area contributed by atoms with Crippen LogP contribution in [0.15, 0.2) is 30.5 Å². The van der Waals surface area contributed by atoms with E-state index >= 15 is 0 Å². The van der Waals surface area contributed by atoms with Gasteiger partial charge in [-0.2, -0.15) is 0 Å². The molecule has 0 amide bonds. The predicted octanol–water partition coefficient (Wildman–Crippen LogP) is 2.81. The Labute approximate surface area is 125 Å². The fourth-order valence-corrected chi connectivity index (χ4v) is 3.06. The Hall–Kier alpha value is -1.81. The number of methoxy groups -OCH3 is 1. The molecule has 0 unspecified atom stereocenters. The standard InChI is InChI=1S/C17H23N3O/c1-17(12-18)7-10-20(11-8-17)16-14-4-3-5-15(21-2)13(14)6-9-19-16/h3-6,9H,7-8,10-12,18H2,1-2H3. The van der Waals surface area contributed by atoms with E-state index in [0.717, 1.165) is 54.8 Å². The first-order chi connectivity index (χ1) is 10.2. The minimum Gasteiger partial charge on any atom is -0.496 e. The smallest absolute Gasteiger partial charge is 0.136 e. The Morgan fingerprint density at radius 3 is 2.67 bits per heavy atom. The van der Waals surface area contributed by atoms with Crippen LogP contribution in [0.2, 0.25) is 0 Å². The molecule has 4 heteroatoms. The first-order valence-electron chi connectivity index (χ1n) is 7.54. The normalized spacial score (nSPS) is 18.0. The molecule has 1 saturated heterocycles. The van der Waals surface area contributed by atoms with Crippen molar-refractivity contribution >= 4 is 16.6 Å². The third-order valence-electron chi connectivity index (χ3n) is 4.73. The second-order valence-electron chi connectivity index (χ2n) is 6.19. The zero-order valence-electron chi connectivity index (χ0n) is 12.8. The maximum absolute atomic E-state index is 5.90. The van der Waals surface area contributed by atoms with Gasteiger partial charge in [0.25, 0.3) is 0 Å². The van der Waals surface area contributed by atoms with Gasteiger partial charge in [0, 0.05) is 30.1 Å². The van der Waals surface area contributed by atoms with Crippen molar-refractivity contribution in [1.29, 1.82) is 0 Å². The van der Waals surface area contributed by atoms with E-state index in [2.05, 4.69) is 22.9 Å². The third kappa shape index (κ3) is 2.56. The molecule has 1 aliphatic rings. The summed E-state index contributed by atoms with van der Waals surface area (Å²) in [7, 11) is 1.71. The first-order valence-corrected chi connectivity index (χ1v) is 7.54. The van der Waals surface area contributed by atoms with Crippen LogP contribution in [0.3, 0.4) is 0 Å². The van der Waals surface area contributed by atoms with Crippen LogP contribution in [0.25, 0.3) is 10.8 Å². The molecule has 1 aliphatic heterocycles. The molecule has 1 aromatic carbocycles. The Morgan fingerprint density at radius 2 is 2.00 bits per heavy atom. The predicted molar refractivity (Wildman–Crippen MR) is 86.9 cm³/mol. The number of pyridine rings is 1. The van der Waals surface area contributed by atoms with Gasteiger partial charge in [0.05, 0.1) is 7.11 Å². The number of hydrogen-bond donors (Lipinski definition) is 1. The second kappa shape index (κ2) is 5.53. The van der Waals surface area contributed by atoms with Crippen molar-refractivity contribution in [2.45, 2.75) is 19.8 Å². The molecule has 3 rings (SSSR count). The fourth-order valence-electron chi connectivity index (χ4n) is 3.06. The van der Waals surface area contributed by atoms with Gasteiger partial charge in [0.2, 0.25) is 0 Å². The van der Waals surface area contributed by atoms with Gasteiger partial charge in [0.1, 0.15) is 11.6 Å². The van der Waals surface area contributed by atoms with E-state index in [4.69, 9.17) is 10.5 Å². The van der Waals surface area contributed by atoms with E-state index in [1.807, 2.05) is 24.4 Å². The summed E-state index contributed by atoms with van der Waals surface area (Å²) in [5.74, 6) is 1.96. The van der Waals surface area contributed by atoms with Crippen molar-refractivity contribution in [2.75, 3.05) is 31.6 Å². The van der Waals surface area contributed by atoms with Crippen molar-refractivity contribution in [1.82, 2.24) is 4.98 Å². The molecule has 0 spiro atoms. The van der Waals surface area contributed by atoms with Gasteiger partial charge >= 0.3 is 0 Å². The monoisotopic (exact) mass is 285 g/mol. The molecular formula is C17H23N3O. The van der Waals surface area contributed by atoms with Crippen molar-refractivity contribution < 1.29 is 4.74 Å². The van der Waals surface area contributed by atoms with E-state index in [1.165, 1.54) is 0 Å². The van der Waals surface area contributed by atoms with Crippen molar-refractivity contribution in [3.63, 3.8) is 0 Å². The SMILES string of the molecule is COc1cccc2c(N3CCC(C)(CN)CC3)nccc12. The maximum atomic E-state index is 5.90. The minimum absolute atomic E-state index is 0.277. The summed E-state index contributed by atoms with van der Waals surface area (Å²) in [6.45, 7) is 5.07. The number of fused-ring (bicyclic) bond motifs is 1. The largest absolute Gasteiger partial charge is 0.496 e. The third-order valence-corrected chi connectivity index (χ3v) is 4.73. The van der Waals surface area contributed by atoms with Gasteiger partial charge in [0.15, 0.2) is 0 Å². The van der Waals surface area contributed by atoms with Crippen molar-refractivity contribution in [3.05, 3.63) is 30.5 Å². The summed E-state index contributed by atoms with van der Waals surface area (Å²) in [5.41, 5.74) is 6.18. The van der Waals surface area contributed by atoms with Gasteiger partial charge < -0.3 is 15.4 Å². The van der Waals surface area contributed by atoms with Crippen LogP contribution >= 0.6 is 0 Å². The highest BCUT2D eigenvalue weighted by atomic mass is 16.5. The minimum atomic E-state index is 0.277. The Balaban J connectivity index is 1.95. The van der Waals surface area contributed by atoms with Crippen LogP contribution < -0.4 is 15.4 Å². The van der Waals surface area contributed by atoms with E-state index in [9.17, 15) is 0 Å². The van der Waals surface area contributed by atoms with Gasteiger partial charge in [-0.05, 0) is 36.9 Å². The van der Waals surface area contributed by atoms with Crippen LogP contribution in [-0.2, 0) is 0 Å². The summed E-state index contributed by atoms with van der Waals surface area (Å²) in [5, 5.41) is 2.28. The number of rotatable bonds is 3. The lowest BCUT2D eigenvalue weighted by atomic mass is 9.80. The van der Waals surface area contributed by atoms with Gasteiger partial charge in [-0.3, -0.25) is 0 Å². The molecule has 21 heavy (non-hydrogen) atoms. The average Bonchev–Trinajstić information content (AvgIpc) is 2.54. The van der Waals surface area contributed by atoms with Crippen LogP contribution in [0.4, 0.5) is 5.82 Å². The lowest BCUT2D eigenvalue weighted by Crippen LogP contribution is -2.42. The molecule has 0 radical (unpaired) electrons. The summed E-state index contributed by atoms with van der Waals surface area (Å²) in [6.07, 6.45) is 4.11. The molecule has 0 saturated carbocycles. The number of nitrogens with zero attached hydrogens (tertiary/aromatic N) is 2. The molecule has 0 bridgehead atoms. The Kier molecular flexibility index (Phi) is 3.72. The highest BCUT2D eigenvalue weighted by Gasteiger charge is 2.29. The molecule has 1 fully saturated rings. The zero-order valence-corrected chi connectivity index (χ0v) is 12.8. The van der Waals surface area contributed by atoms with E-state index in [0.29, 0.717) is 0 Å². The number of nitrogens with two attached hydrogens (primary N) is 1. The second-order valence-corrected chi connectivity index (χ2v) is 6.19.